The predicted octanol–water partition coefficient (Wildman–Crippen LogP) is 1.21. The first kappa shape index (κ1) is 10.8. The highest BCUT2D eigenvalue weighted by Gasteiger charge is 2.45. The summed E-state index contributed by atoms with van der Waals surface area (Å²) in [6.45, 7) is 0.841. The van der Waals surface area contributed by atoms with Gasteiger partial charge < -0.3 is 10.0 Å². The smallest absolute Gasteiger partial charge is 0.227 e. The van der Waals surface area contributed by atoms with Crippen LogP contribution in [0.4, 0.5) is 0 Å². The van der Waals surface area contributed by atoms with Gasteiger partial charge in [0, 0.05) is 6.54 Å². The molecule has 1 aromatic carbocycles. The van der Waals surface area contributed by atoms with E-state index in [4.69, 9.17) is 0 Å². The Hall–Kier alpha value is -1.35. The minimum absolute atomic E-state index is 0.0798. The largest absolute Gasteiger partial charge is 0.391 e. The number of carbonyl (C=O) groups excluding carboxylic acids is 1. The first-order chi connectivity index (χ1) is 8.24. The molecule has 1 aromatic rings. The molecule has 1 aliphatic heterocycles. The molecule has 2 fully saturated rings. The van der Waals surface area contributed by atoms with Crippen molar-refractivity contribution in [2.75, 3.05) is 6.54 Å². The lowest BCUT2D eigenvalue weighted by molar-refractivity contribution is -0.134. The number of hydrogen-bond acceptors (Lipinski definition) is 2. The molecule has 3 unspecified atom stereocenters. The molecule has 90 valence electrons. The van der Waals surface area contributed by atoms with Crippen molar-refractivity contribution >= 4 is 5.91 Å². The number of likely N-dealkylation sites (tertiary alicyclic amines) is 1. The van der Waals surface area contributed by atoms with E-state index in [1.165, 1.54) is 0 Å². The molecular formula is C14H17NO2. The van der Waals surface area contributed by atoms with Gasteiger partial charge in [-0.05, 0) is 24.3 Å². The second-order valence-corrected chi connectivity index (χ2v) is 5.18. The number of rotatable bonds is 2. The molecule has 0 spiro atoms. The Bertz CT molecular complexity index is 417. The second kappa shape index (κ2) is 4.15. The van der Waals surface area contributed by atoms with E-state index in [1.54, 1.807) is 0 Å². The molecule has 1 saturated carbocycles. The number of carbonyl (C=O) groups is 1. The van der Waals surface area contributed by atoms with E-state index < -0.39 is 0 Å². The topological polar surface area (TPSA) is 40.5 Å². The average Bonchev–Trinajstić information content (AvgIpc) is 2.89. The molecule has 17 heavy (non-hydrogen) atoms. The summed E-state index contributed by atoms with van der Waals surface area (Å²) in [6.07, 6.45) is 2.02. The van der Waals surface area contributed by atoms with Gasteiger partial charge in [-0.2, -0.15) is 0 Å². The third-order valence-corrected chi connectivity index (χ3v) is 3.97. The number of benzene rings is 1. The number of fused-ring (bicyclic) bond motifs is 2. The van der Waals surface area contributed by atoms with Crippen molar-refractivity contribution in [2.45, 2.75) is 31.4 Å². The van der Waals surface area contributed by atoms with Crippen LogP contribution in [0.25, 0.3) is 0 Å². The lowest BCUT2D eigenvalue weighted by Crippen LogP contribution is -2.45. The Morgan fingerprint density at radius 3 is 2.71 bits per heavy atom. The molecule has 1 N–H and O–H groups in total. The zero-order chi connectivity index (χ0) is 11.8. The maximum Gasteiger partial charge on any atom is 0.227 e. The highest BCUT2D eigenvalue weighted by atomic mass is 16.3. The summed E-state index contributed by atoms with van der Waals surface area (Å²) in [5, 5.41) is 9.81. The molecule has 1 saturated heterocycles. The zero-order valence-electron chi connectivity index (χ0n) is 9.75. The Kier molecular flexibility index (Phi) is 2.63. The van der Waals surface area contributed by atoms with Gasteiger partial charge in [-0.3, -0.25) is 4.79 Å². The van der Waals surface area contributed by atoms with Crippen LogP contribution in [0.2, 0.25) is 0 Å². The molecule has 3 atom stereocenters. The molecule has 1 heterocycles. The molecule has 1 aliphatic carbocycles. The van der Waals surface area contributed by atoms with Gasteiger partial charge in [0.25, 0.3) is 0 Å². The van der Waals surface area contributed by atoms with E-state index in [0.29, 0.717) is 12.3 Å². The lowest BCUT2D eigenvalue weighted by Gasteiger charge is -2.30. The van der Waals surface area contributed by atoms with Gasteiger partial charge >= 0.3 is 0 Å². The molecule has 0 radical (unpaired) electrons. The molecule has 2 bridgehead atoms. The summed E-state index contributed by atoms with van der Waals surface area (Å²) in [6, 6.07) is 9.89. The first-order valence-corrected chi connectivity index (χ1v) is 6.25. The van der Waals surface area contributed by atoms with Crippen LogP contribution in [0.15, 0.2) is 30.3 Å². The third kappa shape index (κ3) is 1.95. The zero-order valence-corrected chi connectivity index (χ0v) is 9.75. The highest BCUT2D eigenvalue weighted by Crippen LogP contribution is 2.37. The minimum Gasteiger partial charge on any atom is -0.391 e. The number of aliphatic hydroxyl groups excluding tert-OH is 1. The Morgan fingerprint density at radius 1 is 1.29 bits per heavy atom. The van der Waals surface area contributed by atoms with Crippen LogP contribution in [0, 0.1) is 5.92 Å². The minimum atomic E-state index is -0.298. The number of amides is 1. The number of piperidine rings is 1. The van der Waals surface area contributed by atoms with E-state index in [9.17, 15) is 9.90 Å². The molecule has 0 aromatic heterocycles. The van der Waals surface area contributed by atoms with E-state index in [-0.39, 0.29) is 18.1 Å². The van der Waals surface area contributed by atoms with Crippen LogP contribution in [0.5, 0.6) is 0 Å². The van der Waals surface area contributed by atoms with Gasteiger partial charge in [0.2, 0.25) is 5.91 Å². The van der Waals surface area contributed by atoms with Crippen LogP contribution in [0.1, 0.15) is 18.4 Å². The summed E-state index contributed by atoms with van der Waals surface area (Å²) in [5.41, 5.74) is 1.05. The van der Waals surface area contributed by atoms with Crippen LogP contribution in [0.3, 0.4) is 0 Å². The molecule has 3 rings (SSSR count). The van der Waals surface area contributed by atoms with Gasteiger partial charge in [-0.15, -0.1) is 0 Å². The number of nitrogens with zero attached hydrogens (tertiary/aromatic N) is 1. The standard InChI is InChI=1S/C14H17NO2/c16-13-7-11-6-12(13)15(9-11)14(17)8-10-4-2-1-3-5-10/h1-5,11-13,16H,6-9H2. The van der Waals surface area contributed by atoms with Crippen LogP contribution < -0.4 is 0 Å². The fourth-order valence-electron chi connectivity index (χ4n) is 3.15. The Balaban J connectivity index is 1.68. The molecule has 3 nitrogen and oxygen atoms in total. The quantitative estimate of drug-likeness (QED) is 0.831. The molecule has 3 heteroatoms. The Morgan fingerprint density at radius 2 is 2.06 bits per heavy atom. The third-order valence-electron chi connectivity index (χ3n) is 3.97. The fourth-order valence-corrected chi connectivity index (χ4v) is 3.15. The number of hydrogen-bond donors (Lipinski definition) is 1. The van der Waals surface area contributed by atoms with Gasteiger partial charge in [-0.1, -0.05) is 30.3 Å². The van der Waals surface area contributed by atoms with E-state index in [2.05, 4.69) is 0 Å². The van der Waals surface area contributed by atoms with Crippen molar-refractivity contribution in [3.63, 3.8) is 0 Å². The van der Waals surface area contributed by atoms with Crippen molar-refractivity contribution in [1.29, 1.82) is 0 Å². The fraction of sp³-hybridized carbons (Fsp3) is 0.500. The number of aliphatic hydroxyl groups is 1. The van der Waals surface area contributed by atoms with Crippen molar-refractivity contribution in [2.24, 2.45) is 5.92 Å². The van der Waals surface area contributed by atoms with Gasteiger partial charge in [-0.25, -0.2) is 0 Å². The normalized spacial score (nSPS) is 30.9. The van der Waals surface area contributed by atoms with Crippen molar-refractivity contribution in [3.05, 3.63) is 35.9 Å². The van der Waals surface area contributed by atoms with Crippen LogP contribution >= 0.6 is 0 Å². The van der Waals surface area contributed by atoms with Crippen LogP contribution in [-0.2, 0) is 11.2 Å². The summed E-state index contributed by atoms with van der Waals surface area (Å²) in [4.78, 5) is 14.0. The summed E-state index contributed by atoms with van der Waals surface area (Å²) in [5.74, 6) is 0.678. The highest BCUT2D eigenvalue weighted by molar-refractivity contribution is 5.79. The molecule has 2 aliphatic rings. The van der Waals surface area contributed by atoms with E-state index >= 15 is 0 Å². The van der Waals surface area contributed by atoms with Gasteiger partial charge in [0.1, 0.15) is 0 Å². The monoisotopic (exact) mass is 231 g/mol. The predicted molar refractivity (Wildman–Crippen MR) is 64.4 cm³/mol. The van der Waals surface area contributed by atoms with Crippen molar-refractivity contribution < 1.29 is 9.90 Å². The summed E-state index contributed by atoms with van der Waals surface area (Å²) >= 11 is 0. The van der Waals surface area contributed by atoms with Crippen molar-refractivity contribution in [3.8, 4) is 0 Å². The van der Waals surface area contributed by atoms with Gasteiger partial charge in [0.15, 0.2) is 0 Å². The van der Waals surface area contributed by atoms with Crippen LogP contribution in [-0.4, -0.2) is 34.6 Å². The maximum atomic E-state index is 12.2. The Labute approximate surface area is 101 Å². The maximum absolute atomic E-state index is 12.2. The molecule has 1 amide bonds. The molecular weight excluding hydrogens is 214 g/mol. The van der Waals surface area contributed by atoms with Gasteiger partial charge in [0.05, 0.1) is 18.6 Å². The lowest BCUT2D eigenvalue weighted by atomic mass is 10.1. The average molecular weight is 231 g/mol. The van der Waals surface area contributed by atoms with E-state index in [1.807, 2.05) is 35.2 Å². The summed E-state index contributed by atoms with van der Waals surface area (Å²) < 4.78 is 0. The van der Waals surface area contributed by atoms with Crippen molar-refractivity contribution in [1.82, 2.24) is 4.90 Å². The first-order valence-electron chi connectivity index (χ1n) is 6.25. The van der Waals surface area contributed by atoms with E-state index in [0.717, 1.165) is 24.9 Å². The second-order valence-electron chi connectivity index (χ2n) is 5.18. The SMILES string of the molecule is O=C(Cc1ccccc1)N1CC2CC(O)C1C2. The summed E-state index contributed by atoms with van der Waals surface area (Å²) in [7, 11) is 0.